The lowest BCUT2D eigenvalue weighted by molar-refractivity contribution is -0.144. The zero-order chi connectivity index (χ0) is 18.1. The van der Waals surface area contributed by atoms with Crippen molar-refractivity contribution < 1.29 is 14.3 Å². The van der Waals surface area contributed by atoms with Crippen LogP contribution in [0.1, 0.15) is 31.4 Å². The molecule has 2 heterocycles. The molecule has 0 spiro atoms. The number of rotatable bonds is 5. The minimum atomic E-state index is -0.188. The predicted octanol–water partition coefficient (Wildman–Crippen LogP) is 2.40. The Morgan fingerprint density at radius 1 is 1.20 bits per heavy atom. The molecule has 1 aromatic carbocycles. The first kappa shape index (κ1) is 17.8. The van der Waals surface area contributed by atoms with Crippen molar-refractivity contribution in [1.82, 2.24) is 9.80 Å². The van der Waals surface area contributed by atoms with Gasteiger partial charge in [0.05, 0.1) is 19.0 Å². The van der Waals surface area contributed by atoms with Crippen LogP contribution in [0.15, 0.2) is 18.2 Å². The van der Waals surface area contributed by atoms with Crippen molar-refractivity contribution in [2.24, 2.45) is 11.8 Å². The van der Waals surface area contributed by atoms with E-state index in [4.69, 9.17) is 4.74 Å². The molecule has 3 rings (SSSR count). The first-order valence-corrected chi connectivity index (χ1v) is 9.14. The second kappa shape index (κ2) is 7.06. The minimum absolute atomic E-state index is 0.0487. The molecule has 0 aromatic heterocycles. The summed E-state index contributed by atoms with van der Waals surface area (Å²) in [6.45, 7) is 10.8. The molecule has 0 aliphatic carbocycles. The van der Waals surface area contributed by atoms with Crippen molar-refractivity contribution in [1.29, 1.82) is 0 Å². The van der Waals surface area contributed by atoms with Crippen LogP contribution >= 0.6 is 0 Å². The van der Waals surface area contributed by atoms with E-state index in [0.717, 1.165) is 23.4 Å². The van der Waals surface area contributed by atoms with Gasteiger partial charge in [-0.05, 0) is 30.9 Å². The first-order chi connectivity index (χ1) is 11.8. The van der Waals surface area contributed by atoms with Gasteiger partial charge < -0.3 is 14.5 Å². The van der Waals surface area contributed by atoms with Crippen LogP contribution in [0.4, 0.5) is 0 Å². The lowest BCUT2D eigenvalue weighted by Gasteiger charge is -2.40. The van der Waals surface area contributed by atoms with Gasteiger partial charge >= 0.3 is 0 Å². The summed E-state index contributed by atoms with van der Waals surface area (Å²) in [5.74, 6) is 1.37. The van der Waals surface area contributed by atoms with E-state index in [2.05, 4.69) is 13.8 Å². The van der Waals surface area contributed by atoms with E-state index < -0.39 is 0 Å². The lowest BCUT2D eigenvalue weighted by atomic mass is 10.0. The number of hydrogen-bond donors (Lipinski definition) is 0. The maximum atomic E-state index is 12.6. The molecule has 1 unspecified atom stereocenters. The summed E-state index contributed by atoms with van der Waals surface area (Å²) < 4.78 is 6.08. The molecule has 2 aliphatic heterocycles. The Labute approximate surface area is 149 Å². The zero-order valence-corrected chi connectivity index (χ0v) is 15.6. The smallest absolute Gasteiger partial charge is 0.228 e. The standard InChI is InChI=1S/C20H28N2O3/c1-13(2)9-21-10-16(8-18(21)23)20(24)22-11-17(12-22)25-19-14(3)6-5-7-15(19)4/h5-7,13,16-17H,8-12H2,1-4H3. The number of likely N-dealkylation sites (tertiary alicyclic amines) is 2. The average molecular weight is 344 g/mol. The number of carbonyl (C=O) groups excluding carboxylic acids is 2. The zero-order valence-electron chi connectivity index (χ0n) is 15.6. The van der Waals surface area contributed by atoms with E-state index in [1.807, 2.05) is 41.8 Å². The molecular weight excluding hydrogens is 316 g/mol. The Morgan fingerprint density at radius 3 is 2.44 bits per heavy atom. The molecule has 2 fully saturated rings. The quantitative estimate of drug-likeness (QED) is 0.824. The highest BCUT2D eigenvalue weighted by atomic mass is 16.5. The van der Waals surface area contributed by atoms with Crippen LogP contribution in [0, 0.1) is 25.7 Å². The van der Waals surface area contributed by atoms with E-state index in [1.165, 1.54) is 0 Å². The largest absolute Gasteiger partial charge is 0.486 e. The van der Waals surface area contributed by atoms with Gasteiger partial charge in [0.1, 0.15) is 11.9 Å². The third kappa shape index (κ3) is 3.80. The molecule has 0 radical (unpaired) electrons. The van der Waals surface area contributed by atoms with Crippen LogP contribution in [0.2, 0.25) is 0 Å². The van der Waals surface area contributed by atoms with E-state index >= 15 is 0 Å². The molecular formula is C20H28N2O3. The van der Waals surface area contributed by atoms with Gasteiger partial charge in [-0.1, -0.05) is 32.0 Å². The second-order valence-corrected chi connectivity index (χ2v) is 7.80. The molecule has 136 valence electrons. The van der Waals surface area contributed by atoms with Crippen molar-refractivity contribution in [3.63, 3.8) is 0 Å². The summed E-state index contributed by atoms with van der Waals surface area (Å²) in [6.07, 6.45) is 0.400. The van der Waals surface area contributed by atoms with Crippen LogP contribution < -0.4 is 4.74 Å². The molecule has 2 amide bonds. The van der Waals surface area contributed by atoms with Gasteiger partial charge in [0, 0.05) is 19.5 Å². The van der Waals surface area contributed by atoms with Crippen molar-refractivity contribution in [2.45, 2.75) is 40.2 Å². The monoisotopic (exact) mass is 344 g/mol. The van der Waals surface area contributed by atoms with E-state index in [9.17, 15) is 9.59 Å². The topological polar surface area (TPSA) is 49.9 Å². The molecule has 2 aliphatic rings. The summed E-state index contributed by atoms with van der Waals surface area (Å²) in [6, 6.07) is 6.10. The van der Waals surface area contributed by atoms with Crippen LogP contribution in [0.3, 0.4) is 0 Å². The molecule has 25 heavy (non-hydrogen) atoms. The highest BCUT2D eigenvalue weighted by Gasteiger charge is 2.41. The Balaban J connectivity index is 1.51. The number of ether oxygens (including phenoxy) is 1. The summed E-state index contributed by atoms with van der Waals surface area (Å²) in [4.78, 5) is 28.4. The molecule has 0 bridgehead atoms. The SMILES string of the molecule is Cc1cccc(C)c1OC1CN(C(=O)C2CC(=O)N(CC(C)C)C2)C1. The number of hydrogen-bond acceptors (Lipinski definition) is 3. The van der Waals surface area contributed by atoms with Crippen LogP contribution in [-0.2, 0) is 9.59 Å². The molecule has 5 heteroatoms. The Kier molecular flexibility index (Phi) is 5.02. The van der Waals surface area contributed by atoms with Crippen LogP contribution in [-0.4, -0.2) is 53.9 Å². The second-order valence-electron chi connectivity index (χ2n) is 7.80. The number of benzene rings is 1. The molecule has 1 aromatic rings. The summed E-state index contributed by atoms with van der Waals surface area (Å²) in [5, 5.41) is 0. The van der Waals surface area contributed by atoms with Gasteiger partial charge in [-0.2, -0.15) is 0 Å². The summed E-state index contributed by atoms with van der Waals surface area (Å²) in [7, 11) is 0. The van der Waals surface area contributed by atoms with Gasteiger partial charge in [0.2, 0.25) is 11.8 Å². The maximum absolute atomic E-state index is 12.6. The molecule has 5 nitrogen and oxygen atoms in total. The first-order valence-electron chi connectivity index (χ1n) is 9.14. The number of amides is 2. The van der Waals surface area contributed by atoms with Gasteiger partial charge in [0.25, 0.3) is 0 Å². The number of carbonyl (C=O) groups is 2. The predicted molar refractivity (Wildman–Crippen MR) is 96.4 cm³/mol. The van der Waals surface area contributed by atoms with E-state index in [-0.39, 0.29) is 23.8 Å². The van der Waals surface area contributed by atoms with Gasteiger partial charge in [0.15, 0.2) is 0 Å². The molecule has 2 saturated heterocycles. The van der Waals surface area contributed by atoms with Crippen molar-refractivity contribution >= 4 is 11.8 Å². The highest BCUT2D eigenvalue weighted by molar-refractivity contribution is 5.89. The fourth-order valence-electron chi connectivity index (χ4n) is 3.66. The number of para-hydroxylation sites is 1. The third-order valence-electron chi connectivity index (χ3n) is 5.00. The summed E-state index contributed by atoms with van der Waals surface area (Å²) >= 11 is 0. The maximum Gasteiger partial charge on any atom is 0.228 e. The minimum Gasteiger partial charge on any atom is -0.486 e. The van der Waals surface area contributed by atoms with Crippen molar-refractivity contribution in [3.05, 3.63) is 29.3 Å². The molecule has 0 saturated carbocycles. The van der Waals surface area contributed by atoms with Crippen molar-refractivity contribution in [3.8, 4) is 5.75 Å². The van der Waals surface area contributed by atoms with Gasteiger partial charge in [-0.15, -0.1) is 0 Å². The fourth-order valence-corrected chi connectivity index (χ4v) is 3.66. The van der Waals surface area contributed by atoms with Crippen LogP contribution in [0.5, 0.6) is 5.75 Å². The fraction of sp³-hybridized carbons (Fsp3) is 0.600. The van der Waals surface area contributed by atoms with Crippen molar-refractivity contribution in [2.75, 3.05) is 26.2 Å². The normalized spacial score (nSPS) is 21.0. The number of nitrogens with zero attached hydrogens (tertiary/aromatic N) is 2. The molecule has 0 N–H and O–H groups in total. The Bertz CT molecular complexity index is 645. The van der Waals surface area contributed by atoms with E-state index in [1.54, 1.807) is 0 Å². The van der Waals surface area contributed by atoms with Gasteiger partial charge in [-0.25, -0.2) is 0 Å². The van der Waals surface area contributed by atoms with Gasteiger partial charge in [-0.3, -0.25) is 9.59 Å². The van der Waals surface area contributed by atoms with Crippen LogP contribution in [0.25, 0.3) is 0 Å². The summed E-state index contributed by atoms with van der Waals surface area (Å²) in [5.41, 5.74) is 2.24. The molecule has 1 atom stereocenters. The average Bonchev–Trinajstić information content (AvgIpc) is 2.85. The number of aryl methyl sites for hydroxylation is 2. The Hall–Kier alpha value is -2.04. The highest BCUT2D eigenvalue weighted by Crippen LogP contribution is 2.28. The Morgan fingerprint density at radius 2 is 1.84 bits per heavy atom. The lowest BCUT2D eigenvalue weighted by Crippen LogP contribution is -2.58. The third-order valence-corrected chi connectivity index (χ3v) is 5.00. The van der Waals surface area contributed by atoms with E-state index in [0.29, 0.717) is 32.0 Å².